The van der Waals surface area contributed by atoms with Crippen molar-refractivity contribution in [3.63, 3.8) is 0 Å². The van der Waals surface area contributed by atoms with Crippen LogP contribution < -0.4 is 0 Å². The molecular weight excluding hydrogens is 364 g/mol. The molecule has 2 rings (SSSR count). The van der Waals surface area contributed by atoms with Gasteiger partial charge in [-0.15, -0.1) is 0 Å². The van der Waals surface area contributed by atoms with Crippen LogP contribution in [0.1, 0.15) is 109 Å². The summed E-state index contributed by atoms with van der Waals surface area (Å²) in [6.07, 6.45) is 15.7. The lowest BCUT2D eigenvalue weighted by Crippen LogP contribution is -2.34. The lowest BCUT2D eigenvalue weighted by Gasteiger charge is -2.40. The molecule has 0 amide bonds. The van der Waals surface area contributed by atoms with Gasteiger partial charge in [-0.3, -0.25) is 0 Å². The lowest BCUT2D eigenvalue weighted by atomic mass is 9.64. The van der Waals surface area contributed by atoms with Gasteiger partial charge in [0.15, 0.2) is 0 Å². The zero-order chi connectivity index (χ0) is 21.7. The van der Waals surface area contributed by atoms with E-state index in [9.17, 15) is 5.11 Å². The van der Waals surface area contributed by atoms with E-state index < -0.39 is 0 Å². The molecule has 0 saturated heterocycles. The first-order valence-corrected chi connectivity index (χ1v) is 12.5. The summed E-state index contributed by atoms with van der Waals surface area (Å²) < 4.78 is 0. The van der Waals surface area contributed by atoms with Crippen molar-refractivity contribution >= 4 is 0 Å². The van der Waals surface area contributed by atoms with Crippen LogP contribution >= 0.6 is 0 Å². The topological polar surface area (TPSA) is 20.2 Å². The maximum Gasteiger partial charge on any atom is 0.119 e. The zero-order valence-corrected chi connectivity index (χ0v) is 19.7. The van der Waals surface area contributed by atoms with Crippen LogP contribution in [0.5, 0.6) is 5.75 Å². The van der Waals surface area contributed by atoms with E-state index in [0.29, 0.717) is 11.7 Å². The van der Waals surface area contributed by atoms with Gasteiger partial charge in [0.2, 0.25) is 0 Å². The fourth-order valence-corrected chi connectivity index (χ4v) is 5.02. The van der Waals surface area contributed by atoms with E-state index in [2.05, 4.69) is 63.2 Å². The summed E-state index contributed by atoms with van der Waals surface area (Å²) in [4.78, 5) is 0. The van der Waals surface area contributed by atoms with Gasteiger partial charge in [0.05, 0.1) is 0 Å². The molecule has 0 aliphatic rings. The van der Waals surface area contributed by atoms with Crippen LogP contribution in [0.25, 0.3) is 0 Å². The normalized spacial score (nSPS) is 13.5. The van der Waals surface area contributed by atoms with E-state index in [0.717, 1.165) is 5.56 Å². The summed E-state index contributed by atoms with van der Waals surface area (Å²) in [7, 11) is 0. The van der Waals surface area contributed by atoms with Crippen LogP contribution in [0.4, 0.5) is 0 Å². The molecule has 30 heavy (non-hydrogen) atoms. The van der Waals surface area contributed by atoms with Gasteiger partial charge in [0.25, 0.3) is 0 Å². The highest BCUT2D eigenvalue weighted by Gasteiger charge is 2.38. The molecule has 0 aromatic heterocycles. The quantitative estimate of drug-likeness (QED) is 0.291. The molecule has 166 valence electrons. The standard InChI is InChI=1S/C29H44O/c1-4-6-8-10-13-19-25(20-14-11-9-7-5-2)29(3,26-21-15-12-16-22-26)27-23-17-18-24-28(27)30/h12,15-18,21-25,30H,4-11,13-14,19-20H2,1-3H3. The molecule has 0 aliphatic heterocycles. The van der Waals surface area contributed by atoms with Crippen LogP contribution in [0, 0.1) is 5.92 Å². The van der Waals surface area contributed by atoms with Crippen LogP contribution in [-0.2, 0) is 5.41 Å². The summed E-state index contributed by atoms with van der Waals surface area (Å²) in [5.41, 5.74) is 2.25. The highest BCUT2D eigenvalue weighted by Crippen LogP contribution is 2.46. The van der Waals surface area contributed by atoms with Crippen molar-refractivity contribution in [1.82, 2.24) is 0 Å². The molecule has 0 heterocycles. The Morgan fingerprint density at radius 2 is 1.17 bits per heavy atom. The Bertz CT molecular complexity index is 679. The van der Waals surface area contributed by atoms with E-state index >= 15 is 0 Å². The molecule has 1 N–H and O–H groups in total. The van der Waals surface area contributed by atoms with Crippen molar-refractivity contribution in [1.29, 1.82) is 0 Å². The molecule has 1 unspecified atom stereocenters. The molecule has 0 saturated carbocycles. The Balaban J connectivity index is 2.29. The maximum atomic E-state index is 10.8. The molecule has 1 nitrogen and oxygen atoms in total. The van der Waals surface area contributed by atoms with E-state index in [1.807, 2.05) is 12.1 Å². The van der Waals surface area contributed by atoms with Crippen molar-refractivity contribution in [2.75, 3.05) is 0 Å². The summed E-state index contributed by atoms with van der Waals surface area (Å²) in [5, 5.41) is 10.8. The monoisotopic (exact) mass is 408 g/mol. The van der Waals surface area contributed by atoms with Gasteiger partial charge < -0.3 is 5.11 Å². The van der Waals surface area contributed by atoms with Gasteiger partial charge in [-0.2, -0.15) is 0 Å². The molecule has 2 aromatic carbocycles. The van der Waals surface area contributed by atoms with Crippen molar-refractivity contribution in [2.45, 2.75) is 103 Å². The minimum atomic E-state index is -0.165. The van der Waals surface area contributed by atoms with Gasteiger partial charge in [-0.1, -0.05) is 134 Å². The predicted octanol–water partition coefficient (Wildman–Crippen LogP) is 9.04. The van der Waals surface area contributed by atoms with Crippen molar-refractivity contribution in [3.8, 4) is 5.75 Å². The summed E-state index contributed by atoms with van der Waals surface area (Å²) in [6, 6.07) is 18.9. The van der Waals surface area contributed by atoms with Crippen molar-refractivity contribution < 1.29 is 5.11 Å². The van der Waals surface area contributed by atoms with Crippen LogP contribution in [0.2, 0.25) is 0 Å². The first kappa shape index (κ1) is 24.5. The number of aromatic hydroxyl groups is 1. The third-order valence-corrected chi connectivity index (χ3v) is 6.97. The summed E-state index contributed by atoms with van der Waals surface area (Å²) in [6.45, 7) is 6.94. The Kier molecular flexibility index (Phi) is 11.0. The van der Waals surface area contributed by atoms with E-state index in [1.54, 1.807) is 0 Å². The highest BCUT2D eigenvalue weighted by atomic mass is 16.3. The van der Waals surface area contributed by atoms with Gasteiger partial charge in [-0.05, 0) is 30.4 Å². The minimum absolute atomic E-state index is 0.165. The zero-order valence-electron chi connectivity index (χ0n) is 19.7. The number of phenols is 1. The number of rotatable bonds is 15. The van der Waals surface area contributed by atoms with Gasteiger partial charge in [-0.25, -0.2) is 0 Å². The molecule has 0 aliphatic carbocycles. The van der Waals surface area contributed by atoms with Crippen molar-refractivity contribution in [2.24, 2.45) is 5.92 Å². The molecule has 0 radical (unpaired) electrons. The number of unbranched alkanes of at least 4 members (excludes halogenated alkanes) is 8. The molecule has 0 spiro atoms. The fraction of sp³-hybridized carbons (Fsp3) is 0.586. The number of benzene rings is 2. The maximum absolute atomic E-state index is 10.8. The number of hydrogen-bond donors (Lipinski definition) is 1. The van der Waals surface area contributed by atoms with Gasteiger partial charge in [0.1, 0.15) is 5.75 Å². The molecule has 0 fully saturated rings. The van der Waals surface area contributed by atoms with Crippen LogP contribution in [-0.4, -0.2) is 5.11 Å². The number of para-hydroxylation sites is 1. The number of hydrogen-bond acceptors (Lipinski definition) is 1. The fourth-order valence-electron chi connectivity index (χ4n) is 5.02. The average Bonchev–Trinajstić information content (AvgIpc) is 2.78. The SMILES string of the molecule is CCCCCCCC(CCCCCCC)C(C)(c1ccccc1)c1ccccc1O. The van der Waals surface area contributed by atoms with Crippen LogP contribution in [0.15, 0.2) is 54.6 Å². The van der Waals surface area contributed by atoms with E-state index in [1.165, 1.54) is 82.6 Å². The second-order valence-electron chi connectivity index (χ2n) is 9.19. The molecule has 1 atom stereocenters. The molecule has 2 aromatic rings. The Labute approximate surface area is 185 Å². The summed E-state index contributed by atoms with van der Waals surface area (Å²) in [5.74, 6) is 0.974. The molecule has 0 bridgehead atoms. The van der Waals surface area contributed by atoms with E-state index in [4.69, 9.17) is 0 Å². The van der Waals surface area contributed by atoms with Crippen molar-refractivity contribution in [3.05, 3.63) is 65.7 Å². The highest BCUT2D eigenvalue weighted by molar-refractivity contribution is 5.46. The predicted molar refractivity (Wildman–Crippen MR) is 131 cm³/mol. The minimum Gasteiger partial charge on any atom is -0.508 e. The van der Waals surface area contributed by atoms with Gasteiger partial charge in [0, 0.05) is 11.0 Å². The average molecular weight is 409 g/mol. The first-order valence-electron chi connectivity index (χ1n) is 12.5. The lowest BCUT2D eigenvalue weighted by molar-refractivity contribution is 0.277. The molecule has 1 heteroatoms. The number of phenolic OH excluding ortho intramolecular Hbond substituents is 1. The largest absolute Gasteiger partial charge is 0.508 e. The second-order valence-corrected chi connectivity index (χ2v) is 9.19. The third-order valence-electron chi connectivity index (χ3n) is 6.97. The van der Waals surface area contributed by atoms with Gasteiger partial charge >= 0.3 is 0 Å². The first-order chi connectivity index (χ1) is 14.6. The Hall–Kier alpha value is -1.76. The third kappa shape index (κ3) is 6.89. The second kappa shape index (κ2) is 13.5. The molecular formula is C29H44O. The Morgan fingerprint density at radius 3 is 1.70 bits per heavy atom. The Morgan fingerprint density at radius 1 is 0.667 bits per heavy atom. The smallest absolute Gasteiger partial charge is 0.119 e. The van der Waals surface area contributed by atoms with Crippen LogP contribution in [0.3, 0.4) is 0 Å². The van der Waals surface area contributed by atoms with E-state index in [-0.39, 0.29) is 5.41 Å². The summed E-state index contributed by atoms with van der Waals surface area (Å²) >= 11 is 0.